The standard InChI is InChI=1S/C20H16N2O2S/c1-24-16-10-6-5-9-14(16)11-17-21-19(23)18-15(12-25-20(18)22-17)13-7-3-2-4-8-13/h2-10,12H,11H2,1H3,(H,21,22,23). The van der Waals surface area contributed by atoms with Crippen molar-refractivity contribution >= 4 is 21.6 Å². The van der Waals surface area contributed by atoms with Gasteiger partial charge in [-0.1, -0.05) is 48.5 Å². The van der Waals surface area contributed by atoms with Crippen molar-refractivity contribution in [2.24, 2.45) is 0 Å². The number of aromatic amines is 1. The molecule has 2 aromatic heterocycles. The molecule has 0 unspecified atom stereocenters. The summed E-state index contributed by atoms with van der Waals surface area (Å²) in [5, 5.41) is 2.65. The predicted octanol–water partition coefficient (Wildman–Crippen LogP) is 4.25. The van der Waals surface area contributed by atoms with Gasteiger partial charge in [-0.2, -0.15) is 0 Å². The minimum atomic E-state index is -0.102. The Morgan fingerprint density at radius 2 is 1.84 bits per heavy atom. The molecule has 5 heteroatoms. The molecular formula is C20H16N2O2S. The number of aromatic nitrogens is 2. The second kappa shape index (κ2) is 6.53. The summed E-state index contributed by atoms with van der Waals surface area (Å²) in [6, 6.07) is 17.7. The Labute approximate surface area is 148 Å². The van der Waals surface area contributed by atoms with Crippen LogP contribution in [0.4, 0.5) is 0 Å². The average Bonchev–Trinajstić information content (AvgIpc) is 3.07. The molecule has 0 amide bonds. The normalized spacial score (nSPS) is 10.9. The Hall–Kier alpha value is -2.92. The minimum Gasteiger partial charge on any atom is -0.496 e. The quantitative estimate of drug-likeness (QED) is 0.600. The van der Waals surface area contributed by atoms with Crippen molar-refractivity contribution in [1.29, 1.82) is 0 Å². The zero-order chi connectivity index (χ0) is 17.2. The van der Waals surface area contributed by atoms with Crippen molar-refractivity contribution in [2.45, 2.75) is 6.42 Å². The molecule has 0 atom stereocenters. The fourth-order valence-corrected chi connectivity index (χ4v) is 3.90. The van der Waals surface area contributed by atoms with E-state index in [-0.39, 0.29) is 5.56 Å². The van der Waals surface area contributed by atoms with Gasteiger partial charge in [0.05, 0.1) is 12.5 Å². The van der Waals surface area contributed by atoms with E-state index in [1.807, 2.05) is 60.0 Å². The Morgan fingerprint density at radius 3 is 2.64 bits per heavy atom. The van der Waals surface area contributed by atoms with Crippen LogP contribution in [0.1, 0.15) is 11.4 Å². The number of para-hydroxylation sites is 1. The molecule has 0 saturated carbocycles. The van der Waals surface area contributed by atoms with Crippen molar-refractivity contribution < 1.29 is 4.74 Å². The predicted molar refractivity (Wildman–Crippen MR) is 101 cm³/mol. The molecule has 0 aliphatic rings. The Balaban J connectivity index is 1.78. The summed E-state index contributed by atoms with van der Waals surface area (Å²) in [5.74, 6) is 1.44. The number of methoxy groups -OCH3 is 1. The number of fused-ring (bicyclic) bond motifs is 1. The molecule has 0 aliphatic carbocycles. The van der Waals surface area contributed by atoms with Gasteiger partial charge in [0.15, 0.2) is 0 Å². The first-order valence-corrected chi connectivity index (χ1v) is 8.82. The summed E-state index contributed by atoms with van der Waals surface area (Å²) in [6.07, 6.45) is 0.522. The van der Waals surface area contributed by atoms with Gasteiger partial charge in [-0.05, 0) is 11.6 Å². The highest BCUT2D eigenvalue weighted by atomic mass is 32.1. The van der Waals surface area contributed by atoms with Gasteiger partial charge < -0.3 is 9.72 Å². The third-order valence-electron chi connectivity index (χ3n) is 4.13. The maximum atomic E-state index is 12.7. The Kier molecular flexibility index (Phi) is 4.07. The van der Waals surface area contributed by atoms with E-state index in [0.29, 0.717) is 17.6 Å². The molecule has 4 aromatic rings. The van der Waals surface area contributed by atoms with Crippen LogP contribution in [0.25, 0.3) is 21.3 Å². The van der Waals surface area contributed by atoms with Gasteiger partial charge in [0, 0.05) is 22.9 Å². The second-order valence-corrected chi connectivity index (χ2v) is 6.55. The fourth-order valence-electron chi connectivity index (χ4n) is 2.94. The summed E-state index contributed by atoms with van der Waals surface area (Å²) in [4.78, 5) is 21.0. The molecular weight excluding hydrogens is 332 g/mol. The number of benzene rings is 2. The van der Waals surface area contributed by atoms with Gasteiger partial charge in [0.25, 0.3) is 5.56 Å². The average molecular weight is 348 g/mol. The minimum absolute atomic E-state index is 0.102. The van der Waals surface area contributed by atoms with Crippen LogP contribution >= 0.6 is 11.3 Å². The smallest absolute Gasteiger partial charge is 0.260 e. The lowest BCUT2D eigenvalue weighted by atomic mass is 10.1. The molecule has 0 aliphatic heterocycles. The number of thiophene rings is 1. The largest absolute Gasteiger partial charge is 0.496 e. The highest BCUT2D eigenvalue weighted by Crippen LogP contribution is 2.30. The highest BCUT2D eigenvalue weighted by molar-refractivity contribution is 7.17. The molecule has 25 heavy (non-hydrogen) atoms. The molecule has 2 aromatic carbocycles. The van der Waals surface area contributed by atoms with Gasteiger partial charge in [0.1, 0.15) is 16.4 Å². The van der Waals surface area contributed by atoms with Gasteiger partial charge in [-0.3, -0.25) is 4.79 Å². The molecule has 4 nitrogen and oxygen atoms in total. The molecule has 4 rings (SSSR count). The van der Waals surface area contributed by atoms with Gasteiger partial charge in [-0.15, -0.1) is 11.3 Å². The first-order chi connectivity index (χ1) is 12.3. The lowest BCUT2D eigenvalue weighted by Gasteiger charge is -2.07. The third kappa shape index (κ3) is 2.94. The van der Waals surface area contributed by atoms with Crippen LogP contribution in [0.3, 0.4) is 0 Å². The van der Waals surface area contributed by atoms with E-state index < -0.39 is 0 Å². The maximum Gasteiger partial charge on any atom is 0.260 e. The van der Waals surface area contributed by atoms with Crippen LogP contribution in [-0.2, 0) is 6.42 Å². The van der Waals surface area contributed by atoms with Crippen LogP contribution in [0, 0.1) is 0 Å². The first kappa shape index (κ1) is 15.6. The van der Waals surface area contributed by atoms with Crippen LogP contribution < -0.4 is 10.3 Å². The zero-order valence-electron chi connectivity index (χ0n) is 13.7. The molecule has 0 radical (unpaired) electrons. The van der Waals surface area contributed by atoms with Crippen LogP contribution in [0.2, 0.25) is 0 Å². The number of nitrogens with zero attached hydrogens (tertiary/aromatic N) is 1. The molecule has 0 bridgehead atoms. The molecule has 2 heterocycles. The maximum absolute atomic E-state index is 12.7. The third-order valence-corrected chi connectivity index (χ3v) is 5.00. The van der Waals surface area contributed by atoms with Crippen molar-refractivity contribution in [3.8, 4) is 16.9 Å². The SMILES string of the molecule is COc1ccccc1Cc1nc2scc(-c3ccccc3)c2c(=O)[nH]1. The van der Waals surface area contributed by atoms with Crippen molar-refractivity contribution in [3.63, 3.8) is 0 Å². The molecule has 0 fully saturated rings. The topological polar surface area (TPSA) is 55.0 Å². The second-order valence-electron chi connectivity index (χ2n) is 5.70. The highest BCUT2D eigenvalue weighted by Gasteiger charge is 2.13. The van der Waals surface area contributed by atoms with Gasteiger partial charge in [0.2, 0.25) is 0 Å². The number of hydrogen-bond donors (Lipinski definition) is 1. The fraction of sp³-hybridized carbons (Fsp3) is 0.100. The van der Waals surface area contributed by atoms with Crippen LogP contribution in [0.5, 0.6) is 5.75 Å². The van der Waals surface area contributed by atoms with Crippen LogP contribution in [-0.4, -0.2) is 17.1 Å². The molecule has 1 N–H and O–H groups in total. The van der Waals surface area contributed by atoms with E-state index >= 15 is 0 Å². The first-order valence-electron chi connectivity index (χ1n) is 7.94. The van der Waals surface area contributed by atoms with Gasteiger partial charge in [-0.25, -0.2) is 4.98 Å². The summed E-state index contributed by atoms with van der Waals surface area (Å²) in [5.41, 5.74) is 2.85. The summed E-state index contributed by atoms with van der Waals surface area (Å²) in [7, 11) is 1.64. The summed E-state index contributed by atoms with van der Waals surface area (Å²) in [6.45, 7) is 0. The molecule has 0 spiro atoms. The lowest BCUT2D eigenvalue weighted by Crippen LogP contribution is -2.12. The van der Waals surface area contributed by atoms with Crippen LogP contribution in [0.15, 0.2) is 64.8 Å². The summed E-state index contributed by atoms with van der Waals surface area (Å²) < 4.78 is 5.38. The number of rotatable bonds is 4. The number of H-pyrrole nitrogens is 1. The van der Waals surface area contributed by atoms with Gasteiger partial charge >= 0.3 is 0 Å². The van der Waals surface area contributed by atoms with E-state index in [2.05, 4.69) is 9.97 Å². The van der Waals surface area contributed by atoms with Crippen molar-refractivity contribution in [2.75, 3.05) is 7.11 Å². The number of hydrogen-bond acceptors (Lipinski definition) is 4. The molecule has 124 valence electrons. The monoisotopic (exact) mass is 348 g/mol. The van der Waals surface area contributed by atoms with E-state index in [0.717, 1.165) is 27.3 Å². The van der Waals surface area contributed by atoms with E-state index in [4.69, 9.17) is 4.74 Å². The lowest BCUT2D eigenvalue weighted by molar-refractivity contribution is 0.410. The Bertz CT molecular complexity index is 1080. The van der Waals surface area contributed by atoms with Crippen molar-refractivity contribution in [3.05, 3.63) is 81.7 Å². The van der Waals surface area contributed by atoms with E-state index in [9.17, 15) is 4.79 Å². The van der Waals surface area contributed by atoms with Crippen molar-refractivity contribution in [1.82, 2.24) is 9.97 Å². The van der Waals surface area contributed by atoms with E-state index in [1.54, 1.807) is 7.11 Å². The van der Waals surface area contributed by atoms with E-state index in [1.165, 1.54) is 11.3 Å². The summed E-state index contributed by atoms with van der Waals surface area (Å²) >= 11 is 1.50. The molecule has 0 saturated heterocycles. The zero-order valence-corrected chi connectivity index (χ0v) is 14.5. The number of ether oxygens (including phenoxy) is 1. The number of nitrogens with one attached hydrogen (secondary N) is 1. The Morgan fingerprint density at radius 1 is 1.08 bits per heavy atom.